The minimum Gasteiger partial charge on any atom is -0.391 e. The highest BCUT2D eigenvalue weighted by molar-refractivity contribution is 4.83. The Morgan fingerprint density at radius 1 is 1.38 bits per heavy atom. The van der Waals surface area contributed by atoms with Crippen molar-refractivity contribution in [3.05, 3.63) is 0 Å². The smallest absolute Gasteiger partial charge is 0.0705 e. The van der Waals surface area contributed by atoms with Gasteiger partial charge in [0.2, 0.25) is 0 Å². The normalized spacial score (nSPS) is 24.4. The number of hydrogen-bond acceptors (Lipinski definition) is 4. The van der Waals surface area contributed by atoms with E-state index in [0.29, 0.717) is 6.04 Å². The van der Waals surface area contributed by atoms with Crippen molar-refractivity contribution >= 4 is 0 Å². The van der Waals surface area contributed by atoms with Gasteiger partial charge in [-0.3, -0.25) is 0 Å². The fourth-order valence-corrected chi connectivity index (χ4v) is 1.82. The van der Waals surface area contributed by atoms with Crippen LogP contribution in [0.3, 0.4) is 0 Å². The molecule has 1 fully saturated rings. The monoisotopic (exact) mass is 231 g/mol. The van der Waals surface area contributed by atoms with E-state index in [2.05, 4.69) is 22.6 Å². The van der Waals surface area contributed by atoms with E-state index in [4.69, 9.17) is 0 Å². The lowest BCUT2D eigenvalue weighted by Crippen LogP contribution is -2.36. The molecule has 0 bridgehead atoms. The maximum Gasteiger partial charge on any atom is 0.0705 e. The average molecular weight is 231 g/mol. The van der Waals surface area contributed by atoms with E-state index in [0.717, 1.165) is 39.0 Å². The number of hydrogen-bond donors (Lipinski definition) is 3. The lowest BCUT2D eigenvalue weighted by Gasteiger charge is -2.20. The fraction of sp³-hybridized carbons (Fsp3) is 1.00. The predicted octanol–water partition coefficient (Wildman–Crippen LogP) is 0.277. The van der Waals surface area contributed by atoms with Crippen molar-refractivity contribution in [2.45, 2.75) is 38.8 Å². The van der Waals surface area contributed by atoms with Crippen LogP contribution in [0.4, 0.5) is 0 Å². The van der Waals surface area contributed by atoms with Gasteiger partial charge in [0.1, 0.15) is 0 Å². The number of likely N-dealkylation sites (N-methyl/N-ethyl adjacent to an activating group) is 2. The number of rotatable bonds is 6. The highest BCUT2D eigenvalue weighted by Gasteiger charge is 2.23. The van der Waals surface area contributed by atoms with Crippen molar-refractivity contribution < 1.29 is 5.11 Å². The third kappa shape index (κ3) is 6.43. The molecule has 1 rings (SSSR count). The van der Waals surface area contributed by atoms with Crippen LogP contribution in [0.2, 0.25) is 0 Å². The zero-order valence-electron chi connectivity index (χ0n) is 11.3. The maximum absolute atomic E-state index is 9.58. The summed E-state index contributed by atoms with van der Waals surface area (Å²) in [5, 5.41) is 16.0. The van der Waals surface area contributed by atoms with Crippen LogP contribution >= 0.6 is 0 Å². The lowest BCUT2D eigenvalue weighted by molar-refractivity contribution is 0.148. The molecule has 4 nitrogen and oxygen atoms in total. The van der Waals surface area contributed by atoms with Gasteiger partial charge in [0, 0.05) is 19.1 Å². The van der Waals surface area contributed by atoms with Gasteiger partial charge < -0.3 is 20.6 Å². The Kier molecular flexibility index (Phi) is 9.92. The van der Waals surface area contributed by atoms with Crippen LogP contribution in [0.1, 0.15) is 26.7 Å². The SMILES string of the molecule is CC.CNCCN(C)CCC1NCCC1O. The summed E-state index contributed by atoms with van der Waals surface area (Å²) in [6, 6.07) is 0.312. The second-order valence-corrected chi connectivity index (χ2v) is 4.11. The van der Waals surface area contributed by atoms with Crippen molar-refractivity contribution in [3.63, 3.8) is 0 Å². The van der Waals surface area contributed by atoms with E-state index in [-0.39, 0.29) is 6.10 Å². The quantitative estimate of drug-likeness (QED) is 0.614. The molecule has 98 valence electrons. The fourth-order valence-electron chi connectivity index (χ4n) is 1.82. The third-order valence-electron chi connectivity index (χ3n) is 2.88. The highest BCUT2D eigenvalue weighted by atomic mass is 16.3. The Morgan fingerprint density at radius 3 is 2.56 bits per heavy atom. The van der Waals surface area contributed by atoms with Crippen LogP contribution in [-0.4, -0.2) is 62.4 Å². The standard InChI is InChI=1S/C10H23N3O.C2H6/c1-11-6-8-13(2)7-4-9-10(14)3-5-12-9;1-2/h9-12,14H,3-8H2,1-2H3;1-2H3. The van der Waals surface area contributed by atoms with Crippen LogP contribution in [-0.2, 0) is 0 Å². The Bertz CT molecular complexity index is 155. The molecule has 2 atom stereocenters. The molecule has 1 aliphatic heterocycles. The van der Waals surface area contributed by atoms with Crippen LogP contribution in [0, 0.1) is 0 Å². The first-order valence-electron chi connectivity index (χ1n) is 6.48. The summed E-state index contributed by atoms with van der Waals surface area (Å²) in [6.45, 7) is 8.11. The molecule has 16 heavy (non-hydrogen) atoms. The predicted molar refractivity (Wildman–Crippen MR) is 69.8 cm³/mol. The second kappa shape index (κ2) is 10.0. The first-order chi connectivity index (χ1) is 7.74. The molecule has 1 saturated heterocycles. The van der Waals surface area contributed by atoms with E-state index < -0.39 is 0 Å². The third-order valence-corrected chi connectivity index (χ3v) is 2.88. The van der Waals surface area contributed by atoms with Crippen LogP contribution in [0.5, 0.6) is 0 Å². The maximum atomic E-state index is 9.58. The molecule has 0 aliphatic carbocycles. The summed E-state index contributed by atoms with van der Waals surface area (Å²) >= 11 is 0. The van der Waals surface area contributed by atoms with Crippen LogP contribution in [0.25, 0.3) is 0 Å². The molecular weight excluding hydrogens is 202 g/mol. The van der Waals surface area contributed by atoms with E-state index >= 15 is 0 Å². The van der Waals surface area contributed by atoms with E-state index in [9.17, 15) is 5.11 Å². The van der Waals surface area contributed by atoms with Gasteiger partial charge in [-0.2, -0.15) is 0 Å². The number of aliphatic hydroxyl groups excluding tert-OH is 1. The van der Waals surface area contributed by atoms with Crippen molar-refractivity contribution in [1.29, 1.82) is 0 Å². The molecule has 3 N–H and O–H groups in total. The molecule has 1 aliphatic rings. The van der Waals surface area contributed by atoms with Gasteiger partial charge in [0.25, 0.3) is 0 Å². The van der Waals surface area contributed by atoms with Crippen molar-refractivity contribution in [3.8, 4) is 0 Å². The van der Waals surface area contributed by atoms with Gasteiger partial charge >= 0.3 is 0 Å². The van der Waals surface area contributed by atoms with Gasteiger partial charge in [0.05, 0.1) is 6.10 Å². The van der Waals surface area contributed by atoms with E-state index in [1.807, 2.05) is 20.9 Å². The Morgan fingerprint density at radius 2 is 2.06 bits per heavy atom. The number of aliphatic hydroxyl groups is 1. The van der Waals surface area contributed by atoms with E-state index in [1.54, 1.807) is 0 Å². The molecular formula is C12H29N3O. The summed E-state index contributed by atoms with van der Waals surface area (Å²) < 4.78 is 0. The van der Waals surface area contributed by atoms with E-state index in [1.165, 1.54) is 0 Å². The Hall–Kier alpha value is -0.160. The molecule has 0 spiro atoms. The molecule has 0 saturated carbocycles. The minimum absolute atomic E-state index is 0.132. The molecule has 4 heteroatoms. The molecule has 0 amide bonds. The highest BCUT2D eigenvalue weighted by Crippen LogP contribution is 2.10. The lowest BCUT2D eigenvalue weighted by atomic mass is 10.1. The summed E-state index contributed by atoms with van der Waals surface area (Å²) in [5.74, 6) is 0. The van der Waals surface area contributed by atoms with Crippen LogP contribution < -0.4 is 10.6 Å². The van der Waals surface area contributed by atoms with Gasteiger partial charge in [-0.15, -0.1) is 0 Å². The molecule has 0 aromatic rings. The Labute approximate surface area is 100 Å². The van der Waals surface area contributed by atoms with Crippen molar-refractivity contribution in [1.82, 2.24) is 15.5 Å². The zero-order chi connectivity index (χ0) is 12.4. The molecule has 2 unspecified atom stereocenters. The summed E-state index contributed by atoms with van der Waals surface area (Å²) in [6.07, 6.45) is 1.82. The van der Waals surface area contributed by atoms with Crippen molar-refractivity contribution in [2.24, 2.45) is 0 Å². The van der Waals surface area contributed by atoms with Crippen LogP contribution in [0.15, 0.2) is 0 Å². The first-order valence-corrected chi connectivity index (χ1v) is 6.48. The summed E-state index contributed by atoms with van der Waals surface area (Å²) in [4.78, 5) is 2.29. The molecule has 0 aromatic heterocycles. The summed E-state index contributed by atoms with van der Waals surface area (Å²) in [7, 11) is 4.09. The second-order valence-electron chi connectivity index (χ2n) is 4.11. The largest absolute Gasteiger partial charge is 0.391 e. The first kappa shape index (κ1) is 15.8. The molecule has 0 radical (unpaired) electrons. The number of nitrogens with one attached hydrogen (secondary N) is 2. The van der Waals surface area contributed by atoms with Gasteiger partial charge in [-0.25, -0.2) is 0 Å². The topological polar surface area (TPSA) is 47.5 Å². The van der Waals surface area contributed by atoms with Gasteiger partial charge in [-0.05, 0) is 40.0 Å². The molecule has 0 aromatic carbocycles. The van der Waals surface area contributed by atoms with Gasteiger partial charge in [-0.1, -0.05) is 13.8 Å². The molecule has 1 heterocycles. The van der Waals surface area contributed by atoms with Crippen molar-refractivity contribution in [2.75, 3.05) is 40.3 Å². The number of nitrogens with zero attached hydrogens (tertiary/aromatic N) is 1. The zero-order valence-corrected chi connectivity index (χ0v) is 11.3. The Balaban J connectivity index is 0.00000106. The minimum atomic E-state index is -0.132. The average Bonchev–Trinajstić information content (AvgIpc) is 2.72. The van der Waals surface area contributed by atoms with Gasteiger partial charge in [0.15, 0.2) is 0 Å². The summed E-state index contributed by atoms with van der Waals surface area (Å²) in [5.41, 5.74) is 0.